The van der Waals surface area contributed by atoms with Gasteiger partial charge < -0.3 is 10.3 Å². The fourth-order valence-electron chi connectivity index (χ4n) is 3.10. The Morgan fingerprint density at radius 2 is 1.95 bits per heavy atom. The quantitative estimate of drug-likeness (QED) is 0.912. The summed E-state index contributed by atoms with van der Waals surface area (Å²) in [6, 6.07) is 9.75. The Hall–Kier alpha value is -2.36. The number of hydrogen-bond donors (Lipinski definition) is 2. The fraction of sp³-hybridized carbons (Fsp3) is 0.333. The van der Waals surface area contributed by atoms with E-state index in [9.17, 15) is 9.59 Å². The second-order valence-electron chi connectivity index (χ2n) is 5.86. The van der Waals surface area contributed by atoms with Crippen molar-refractivity contribution >= 4 is 11.7 Å². The van der Waals surface area contributed by atoms with Gasteiger partial charge in [0.2, 0.25) is 0 Å². The summed E-state index contributed by atoms with van der Waals surface area (Å²) >= 11 is 0. The third kappa shape index (κ3) is 2.56. The number of carbonyl (C=O) groups is 2. The van der Waals surface area contributed by atoms with Crippen molar-refractivity contribution in [2.24, 2.45) is 0 Å². The van der Waals surface area contributed by atoms with Gasteiger partial charge in [0.05, 0.1) is 6.04 Å². The Balaban J connectivity index is 1.83. The molecule has 0 radical (unpaired) electrons. The Bertz CT molecular complexity index is 716. The van der Waals surface area contributed by atoms with Crippen molar-refractivity contribution in [3.05, 3.63) is 58.4 Å². The van der Waals surface area contributed by atoms with E-state index in [1.54, 1.807) is 0 Å². The number of benzene rings is 1. The molecule has 0 bridgehead atoms. The molecule has 3 rings (SSSR count). The molecule has 114 valence electrons. The third-order valence-corrected chi connectivity index (χ3v) is 4.31. The van der Waals surface area contributed by atoms with Gasteiger partial charge >= 0.3 is 0 Å². The minimum atomic E-state index is -0.156. The van der Waals surface area contributed by atoms with Crippen LogP contribution in [0.4, 0.5) is 0 Å². The molecule has 0 aliphatic heterocycles. The standard InChI is InChI=1S/C18H20N2O2/c1-11-16-14(9-6-10-15(16)21)20-17(11)18(22)19-12(2)13-7-4-3-5-8-13/h3-5,7-8,12,20H,6,9-10H2,1-2H3,(H,19,22)/t12-/m0/s1. The number of amides is 1. The molecule has 1 aliphatic rings. The van der Waals surface area contributed by atoms with Crippen molar-refractivity contribution in [1.29, 1.82) is 0 Å². The van der Waals surface area contributed by atoms with E-state index >= 15 is 0 Å². The molecule has 2 aromatic rings. The Morgan fingerprint density at radius 3 is 2.64 bits per heavy atom. The van der Waals surface area contributed by atoms with Crippen LogP contribution in [0.15, 0.2) is 30.3 Å². The highest BCUT2D eigenvalue weighted by molar-refractivity contribution is 6.04. The van der Waals surface area contributed by atoms with Gasteiger partial charge in [-0.3, -0.25) is 9.59 Å². The van der Waals surface area contributed by atoms with Crippen LogP contribution in [0.25, 0.3) is 0 Å². The van der Waals surface area contributed by atoms with Gasteiger partial charge in [-0.15, -0.1) is 0 Å². The number of aryl methyl sites for hydroxylation is 1. The molecule has 0 unspecified atom stereocenters. The molecule has 2 N–H and O–H groups in total. The number of carbonyl (C=O) groups excluding carboxylic acids is 2. The number of Topliss-reactive ketones (excluding diaryl/α,β-unsaturated/α-hetero) is 1. The van der Waals surface area contributed by atoms with Crippen LogP contribution in [-0.4, -0.2) is 16.7 Å². The molecule has 4 heteroatoms. The number of nitrogens with one attached hydrogen (secondary N) is 2. The summed E-state index contributed by atoms with van der Waals surface area (Å²) in [7, 11) is 0. The third-order valence-electron chi connectivity index (χ3n) is 4.31. The molecule has 0 saturated heterocycles. The second-order valence-corrected chi connectivity index (χ2v) is 5.86. The number of fused-ring (bicyclic) bond motifs is 1. The molecule has 1 amide bonds. The van der Waals surface area contributed by atoms with Crippen molar-refractivity contribution in [2.75, 3.05) is 0 Å². The minimum absolute atomic E-state index is 0.0795. The summed E-state index contributed by atoms with van der Waals surface area (Å²) in [5.74, 6) is -0.0128. The van der Waals surface area contributed by atoms with Crippen LogP contribution in [0.5, 0.6) is 0 Å². The number of rotatable bonds is 3. The predicted molar refractivity (Wildman–Crippen MR) is 85.1 cm³/mol. The number of H-pyrrole nitrogens is 1. The lowest BCUT2D eigenvalue weighted by molar-refractivity contribution is 0.0934. The van der Waals surface area contributed by atoms with E-state index in [4.69, 9.17) is 0 Å². The first kappa shape index (κ1) is 14.6. The van der Waals surface area contributed by atoms with Crippen LogP contribution in [-0.2, 0) is 6.42 Å². The molecule has 0 saturated carbocycles. The predicted octanol–water partition coefficient (Wildman–Crippen LogP) is 3.33. The molecule has 1 heterocycles. The zero-order chi connectivity index (χ0) is 15.7. The molecule has 1 aromatic heterocycles. The summed E-state index contributed by atoms with van der Waals surface area (Å²) in [5.41, 5.74) is 3.98. The molecule has 0 fully saturated rings. The number of ketones is 1. The fourth-order valence-corrected chi connectivity index (χ4v) is 3.10. The highest BCUT2D eigenvalue weighted by Crippen LogP contribution is 2.26. The van der Waals surface area contributed by atoms with Gasteiger partial charge in [-0.2, -0.15) is 0 Å². The number of hydrogen-bond acceptors (Lipinski definition) is 2. The van der Waals surface area contributed by atoms with Gasteiger partial charge in [-0.1, -0.05) is 30.3 Å². The van der Waals surface area contributed by atoms with Crippen molar-refractivity contribution in [3.63, 3.8) is 0 Å². The molecule has 1 aliphatic carbocycles. The zero-order valence-electron chi connectivity index (χ0n) is 12.9. The van der Waals surface area contributed by atoms with Crippen molar-refractivity contribution in [2.45, 2.75) is 39.2 Å². The highest BCUT2D eigenvalue weighted by Gasteiger charge is 2.26. The average Bonchev–Trinajstić information content (AvgIpc) is 2.86. The van der Waals surface area contributed by atoms with Crippen LogP contribution >= 0.6 is 0 Å². The van der Waals surface area contributed by atoms with Crippen LogP contribution in [0.2, 0.25) is 0 Å². The Morgan fingerprint density at radius 1 is 1.23 bits per heavy atom. The first-order valence-electron chi connectivity index (χ1n) is 7.68. The lowest BCUT2D eigenvalue weighted by atomic mass is 9.94. The molecule has 4 nitrogen and oxygen atoms in total. The van der Waals surface area contributed by atoms with Gasteiger partial charge in [0.25, 0.3) is 5.91 Å². The van der Waals surface area contributed by atoms with E-state index in [0.29, 0.717) is 12.1 Å². The van der Waals surface area contributed by atoms with E-state index < -0.39 is 0 Å². The van der Waals surface area contributed by atoms with Crippen molar-refractivity contribution < 1.29 is 9.59 Å². The van der Waals surface area contributed by atoms with E-state index in [1.165, 1.54) is 0 Å². The van der Waals surface area contributed by atoms with Crippen molar-refractivity contribution in [3.8, 4) is 0 Å². The van der Waals surface area contributed by atoms with E-state index in [1.807, 2.05) is 44.2 Å². The lowest BCUT2D eigenvalue weighted by Gasteiger charge is -2.14. The van der Waals surface area contributed by atoms with E-state index in [0.717, 1.165) is 35.2 Å². The first-order valence-corrected chi connectivity index (χ1v) is 7.68. The molecule has 22 heavy (non-hydrogen) atoms. The van der Waals surface area contributed by atoms with Crippen LogP contribution in [0.1, 0.15) is 63.5 Å². The van der Waals surface area contributed by atoms with Crippen LogP contribution < -0.4 is 5.32 Å². The van der Waals surface area contributed by atoms with Crippen LogP contribution in [0.3, 0.4) is 0 Å². The Labute approximate surface area is 129 Å². The minimum Gasteiger partial charge on any atom is -0.354 e. The van der Waals surface area contributed by atoms with E-state index in [-0.39, 0.29) is 17.7 Å². The monoisotopic (exact) mass is 296 g/mol. The van der Waals surface area contributed by atoms with Gasteiger partial charge in [0, 0.05) is 17.7 Å². The van der Waals surface area contributed by atoms with Gasteiger partial charge in [-0.05, 0) is 37.8 Å². The number of aromatic nitrogens is 1. The average molecular weight is 296 g/mol. The largest absolute Gasteiger partial charge is 0.354 e. The molecular weight excluding hydrogens is 276 g/mol. The molecule has 1 aromatic carbocycles. The summed E-state index contributed by atoms with van der Waals surface area (Å²) < 4.78 is 0. The maximum absolute atomic E-state index is 12.5. The van der Waals surface area contributed by atoms with Gasteiger partial charge in [0.1, 0.15) is 5.69 Å². The SMILES string of the molecule is Cc1c(C(=O)N[C@@H](C)c2ccccc2)[nH]c2c1C(=O)CCC2. The maximum Gasteiger partial charge on any atom is 0.268 e. The maximum atomic E-state index is 12.5. The summed E-state index contributed by atoms with van der Waals surface area (Å²) in [6.45, 7) is 3.80. The van der Waals surface area contributed by atoms with Crippen LogP contribution in [0, 0.1) is 6.92 Å². The van der Waals surface area contributed by atoms with Gasteiger partial charge in [0.15, 0.2) is 5.78 Å². The lowest BCUT2D eigenvalue weighted by Crippen LogP contribution is -2.27. The molecule has 1 atom stereocenters. The van der Waals surface area contributed by atoms with Crippen molar-refractivity contribution in [1.82, 2.24) is 10.3 Å². The molecule has 0 spiro atoms. The topological polar surface area (TPSA) is 62.0 Å². The zero-order valence-corrected chi connectivity index (χ0v) is 12.9. The van der Waals surface area contributed by atoms with E-state index in [2.05, 4.69) is 10.3 Å². The second kappa shape index (κ2) is 5.79. The normalized spacial score (nSPS) is 15.3. The first-order chi connectivity index (χ1) is 10.6. The summed E-state index contributed by atoms with van der Waals surface area (Å²) in [5, 5.41) is 3.00. The molecular formula is C18H20N2O2. The van der Waals surface area contributed by atoms with Gasteiger partial charge in [-0.25, -0.2) is 0 Å². The summed E-state index contributed by atoms with van der Waals surface area (Å²) in [4.78, 5) is 27.7. The highest BCUT2D eigenvalue weighted by atomic mass is 16.2. The smallest absolute Gasteiger partial charge is 0.268 e. The Kier molecular flexibility index (Phi) is 3.84. The summed E-state index contributed by atoms with van der Waals surface area (Å²) in [6.07, 6.45) is 2.27. The number of aromatic amines is 1.